The zero-order valence-electron chi connectivity index (χ0n) is 22.4. The number of benzene rings is 2. The molecule has 0 heterocycles. The van der Waals surface area contributed by atoms with E-state index < -0.39 is 23.9 Å². The van der Waals surface area contributed by atoms with E-state index in [0.717, 1.165) is 0 Å². The number of carboxylic acid groups (broad SMARTS) is 4. The molecule has 0 aromatic heterocycles. The molecule has 0 saturated carbocycles. The van der Waals surface area contributed by atoms with Crippen LogP contribution < -0.4 is 20.4 Å². The molecule has 8 nitrogen and oxygen atoms in total. The molecule has 0 aliphatic rings. The summed E-state index contributed by atoms with van der Waals surface area (Å²) in [5.74, 6) is -6.07. The van der Waals surface area contributed by atoms with Gasteiger partial charge in [-0.3, -0.25) is 0 Å². The van der Waals surface area contributed by atoms with Crippen LogP contribution in [0.25, 0.3) is 0 Å². The average Bonchev–Trinajstić information content (AvgIpc) is 2.89. The number of unbranched alkanes of at least 4 members (excludes halogenated alkanes) is 2. The van der Waals surface area contributed by atoms with E-state index in [1.807, 2.05) is 0 Å². The summed E-state index contributed by atoms with van der Waals surface area (Å²) < 4.78 is 3.25. The number of carbonyl (C=O) groups excluding carboxylic acids is 4. The summed E-state index contributed by atoms with van der Waals surface area (Å²) in [5.41, 5.74) is 0.797. The molecule has 6 radical (unpaired) electrons. The van der Waals surface area contributed by atoms with Crippen molar-refractivity contribution in [3.63, 3.8) is 0 Å². The average molecular weight is 641 g/mol. The van der Waals surface area contributed by atoms with Crippen molar-refractivity contribution in [3.05, 3.63) is 95.1 Å². The molecular weight excluding hydrogens is 607 g/mol. The minimum atomic E-state index is -1.54. The standard InChI is InChI=1S/2C11H10O4.2C4H9.Sn/c2*12-10(13)7-9(11(14)15)6-8-4-2-1-3-5-8;2*1-3-4-2;/h2*1-5,7H,6H2,(H,12,13)(H,14,15);2*1,3-4H2,2H3;/q;;;;+4/p-4/b2*9-7-;;;. The van der Waals surface area contributed by atoms with Crippen LogP contribution in [0.4, 0.5) is 0 Å². The molecule has 0 fully saturated rings. The molecule has 0 unspecified atom stereocenters. The molecule has 0 aliphatic carbocycles. The first-order chi connectivity index (χ1) is 18.6. The van der Waals surface area contributed by atoms with Gasteiger partial charge in [0.1, 0.15) is 0 Å². The number of carboxylic acids is 4. The summed E-state index contributed by atoms with van der Waals surface area (Å²) in [5, 5.41) is 41.6. The minimum absolute atomic E-state index is 0.0111. The van der Waals surface area contributed by atoms with E-state index in [1.165, 1.54) is 25.7 Å². The maximum Gasteiger partial charge on any atom is 0.0678 e. The molecule has 0 saturated heterocycles. The van der Waals surface area contributed by atoms with Crippen molar-refractivity contribution in [2.24, 2.45) is 0 Å². The third-order valence-corrected chi connectivity index (χ3v) is 9.03. The van der Waals surface area contributed by atoms with Gasteiger partial charge in [-0.1, -0.05) is 60.7 Å². The minimum Gasteiger partial charge on any atom is -0.545 e. The number of hydrogen-bond acceptors (Lipinski definition) is 8. The first-order valence-electron chi connectivity index (χ1n) is 12.6. The molecular formula is C30H34O8Sn. The Balaban J connectivity index is 0.000000576. The van der Waals surface area contributed by atoms with Gasteiger partial charge in [0.2, 0.25) is 0 Å². The normalized spacial score (nSPS) is 10.8. The van der Waals surface area contributed by atoms with Crippen molar-refractivity contribution in [2.45, 2.75) is 61.2 Å². The molecule has 2 rings (SSSR count). The molecule has 0 bridgehead atoms. The SMILES string of the molecule is CCC[CH2][Sn+4][CH2]CCC.O=C([O-])/C=C(/Cc1ccccc1)C(=O)[O-].O=C([O-])/C=C(/Cc1ccccc1)C(=O)[O-]. The summed E-state index contributed by atoms with van der Waals surface area (Å²) in [4.78, 5) is 41.6. The summed E-state index contributed by atoms with van der Waals surface area (Å²) in [6, 6.07) is 17.3. The van der Waals surface area contributed by atoms with E-state index in [1.54, 1.807) is 69.5 Å². The molecule has 9 heteroatoms. The third-order valence-electron chi connectivity index (χ3n) is 5.00. The van der Waals surface area contributed by atoms with Gasteiger partial charge in [-0.05, 0) is 47.3 Å². The van der Waals surface area contributed by atoms with Crippen molar-refractivity contribution in [1.29, 1.82) is 0 Å². The van der Waals surface area contributed by atoms with Crippen LogP contribution in [0.15, 0.2) is 84.0 Å². The first kappa shape index (κ1) is 35.6. The maximum absolute atomic E-state index is 10.6. The molecule has 206 valence electrons. The van der Waals surface area contributed by atoms with Crippen LogP contribution >= 0.6 is 0 Å². The van der Waals surface area contributed by atoms with Gasteiger partial charge in [0.05, 0.1) is 23.9 Å². The van der Waals surface area contributed by atoms with Crippen molar-refractivity contribution in [3.8, 4) is 0 Å². The van der Waals surface area contributed by atoms with Crippen LogP contribution in [-0.2, 0) is 32.0 Å². The fourth-order valence-corrected chi connectivity index (χ4v) is 7.17. The number of carbonyl (C=O) groups is 4. The number of hydrogen-bond donors (Lipinski definition) is 0. The Kier molecular flexibility index (Phi) is 20.6. The molecule has 0 aliphatic heterocycles. The van der Waals surface area contributed by atoms with Crippen LogP contribution in [0.5, 0.6) is 0 Å². The smallest absolute Gasteiger partial charge is 0.0678 e. The van der Waals surface area contributed by atoms with Crippen molar-refractivity contribution >= 4 is 45.0 Å². The quantitative estimate of drug-likeness (QED) is 0.163. The van der Waals surface area contributed by atoms with Gasteiger partial charge >= 0.3 is 69.5 Å². The maximum atomic E-state index is 10.6. The van der Waals surface area contributed by atoms with Crippen LogP contribution in [0.3, 0.4) is 0 Å². The predicted octanol–water partition coefficient (Wildman–Crippen LogP) is 0.438. The van der Waals surface area contributed by atoms with Crippen molar-refractivity contribution < 1.29 is 39.6 Å². The van der Waals surface area contributed by atoms with E-state index in [9.17, 15) is 39.6 Å². The van der Waals surface area contributed by atoms with Gasteiger partial charge in [0.15, 0.2) is 0 Å². The topological polar surface area (TPSA) is 161 Å². The molecule has 2 aromatic carbocycles. The largest absolute Gasteiger partial charge is 0.545 e. The predicted molar refractivity (Wildman–Crippen MR) is 142 cm³/mol. The molecule has 0 N–H and O–H groups in total. The molecule has 2 aromatic rings. The summed E-state index contributed by atoms with van der Waals surface area (Å²) in [6.07, 6.45) is 6.95. The summed E-state index contributed by atoms with van der Waals surface area (Å²) in [7, 11) is 0. The van der Waals surface area contributed by atoms with Crippen molar-refractivity contribution in [2.75, 3.05) is 0 Å². The van der Waals surface area contributed by atoms with Gasteiger partial charge in [0.25, 0.3) is 0 Å². The fraction of sp³-hybridized carbons (Fsp3) is 0.333. The van der Waals surface area contributed by atoms with E-state index in [0.29, 0.717) is 23.3 Å². The fourth-order valence-electron chi connectivity index (χ4n) is 3.01. The molecule has 39 heavy (non-hydrogen) atoms. The zero-order chi connectivity index (χ0) is 29.5. The second-order valence-corrected chi connectivity index (χ2v) is 12.6. The van der Waals surface area contributed by atoms with Crippen LogP contribution in [0.2, 0.25) is 8.87 Å². The zero-order valence-corrected chi connectivity index (χ0v) is 25.2. The number of aliphatic carboxylic acids is 4. The van der Waals surface area contributed by atoms with Crippen LogP contribution in [0, 0.1) is 0 Å². The van der Waals surface area contributed by atoms with Crippen LogP contribution in [0.1, 0.15) is 50.7 Å². The summed E-state index contributed by atoms with van der Waals surface area (Å²) >= 11 is 0.149. The Morgan fingerprint density at radius 3 is 1.21 bits per heavy atom. The van der Waals surface area contributed by atoms with Crippen molar-refractivity contribution in [1.82, 2.24) is 0 Å². The van der Waals surface area contributed by atoms with Gasteiger partial charge in [-0.25, -0.2) is 0 Å². The van der Waals surface area contributed by atoms with Gasteiger partial charge in [0, 0.05) is 0 Å². The van der Waals surface area contributed by atoms with E-state index in [-0.39, 0.29) is 45.1 Å². The Labute approximate surface area is 240 Å². The van der Waals surface area contributed by atoms with Crippen LogP contribution in [-0.4, -0.2) is 45.0 Å². The third kappa shape index (κ3) is 20.3. The van der Waals surface area contributed by atoms with Gasteiger partial charge < -0.3 is 39.6 Å². The monoisotopic (exact) mass is 642 g/mol. The Morgan fingerprint density at radius 2 is 0.949 bits per heavy atom. The van der Waals surface area contributed by atoms with E-state index in [4.69, 9.17) is 0 Å². The second kappa shape index (κ2) is 22.6. The van der Waals surface area contributed by atoms with E-state index >= 15 is 0 Å². The second-order valence-electron chi connectivity index (χ2n) is 8.33. The Morgan fingerprint density at radius 1 is 0.615 bits per heavy atom. The number of rotatable bonds is 14. The summed E-state index contributed by atoms with van der Waals surface area (Å²) in [6.45, 7) is 4.58. The van der Waals surface area contributed by atoms with E-state index in [2.05, 4.69) is 13.8 Å². The van der Waals surface area contributed by atoms with Gasteiger partial charge in [-0.2, -0.15) is 0 Å². The first-order valence-corrected chi connectivity index (χ1v) is 16.7. The van der Waals surface area contributed by atoms with Gasteiger partial charge in [-0.15, -0.1) is 0 Å². The Hall–Kier alpha value is -3.40. The molecule has 0 atom stereocenters. The molecule has 0 spiro atoms. The Bertz CT molecular complexity index is 977. The molecule has 0 amide bonds.